The van der Waals surface area contributed by atoms with Crippen LogP contribution in [-0.2, 0) is 4.74 Å². The first kappa shape index (κ1) is 24.0. The predicted molar refractivity (Wildman–Crippen MR) is 134 cm³/mol. The molecular weight excluding hydrogens is 450 g/mol. The molecule has 0 atom stereocenters. The summed E-state index contributed by atoms with van der Waals surface area (Å²) in [5.74, 6) is 0.0154. The molecule has 1 amide bonds. The summed E-state index contributed by atoms with van der Waals surface area (Å²) < 4.78 is 6.59. The van der Waals surface area contributed by atoms with Crippen LogP contribution in [0.25, 0.3) is 10.2 Å². The number of aromatic nitrogens is 1. The van der Waals surface area contributed by atoms with Crippen LogP contribution < -0.4 is 4.90 Å². The zero-order chi connectivity index (χ0) is 21.1. The summed E-state index contributed by atoms with van der Waals surface area (Å²) in [5.41, 5.74) is 4.13. The Kier molecular flexibility index (Phi) is 8.36. The highest BCUT2D eigenvalue weighted by Gasteiger charge is 2.24. The van der Waals surface area contributed by atoms with Crippen LogP contribution in [0, 0.1) is 13.8 Å². The number of amides is 1. The Balaban J connectivity index is 0.00000272. The molecule has 0 bridgehead atoms. The largest absolute Gasteiger partial charge is 0.379 e. The molecule has 1 aliphatic heterocycles. The molecule has 4 rings (SSSR count). The van der Waals surface area contributed by atoms with E-state index in [1.54, 1.807) is 23.1 Å². The summed E-state index contributed by atoms with van der Waals surface area (Å²) in [4.78, 5) is 23.8. The van der Waals surface area contributed by atoms with Crippen molar-refractivity contribution in [2.24, 2.45) is 0 Å². The molecule has 5 nitrogen and oxygen atoms in total. The molecule has 0 spiro atoms. The van der Waals surface area contributed by atoms with Gasteiger partial charge in [-0.2, -0.15) is 0 Å². The van der Waals surface area contributed by atoms with Gasteiger partial charge in [0, 0.05) is 31.1 Å². The fourth-order valence-corrected chi connectivity index (χ4v) is 5.29. The number of ether oxygens (including phenoxy) is 1. The van der Waals surface area contributed by atoms with Crippen molar-refractivity contribution >= 4 is 56.8 Å². The number of fused-ring (bicyclic) bond motifs is 1. The van der Waals surface area contributed by atoms with Gasteiger partial charge in [-0.05, 0) is 49.4 Å². The van der Waals surface area contributed by atoms with Gasteiger partial charge in [0.2, 0.25) is 0 Å². The van der Waals surface area contributed by atoms with Crippen LogP contribution in [0.5, 0.6) is 0 Å². The SMILES string of the molecule is CSc1ccccc1C(=O)N(CCN1CCOCC1)c1nc2c(C)c(C)ccc2s1.Cl. The third-order valence-electron chi connectivity index (χ3n) is 5.63. The van der Waals surface area contributed by atoms with Gasteiger partial charge < -0.3 is 4.74 Å². The molecule has 0 saturated carbocycles. The number of aryl methyl sites for hydroxylation is 2. The van der Waals surface area contributed by atoms with Crippen molar-refractivity contribution in [2.45, 2.75) is 18.7 Å². The average molecular weight is 478 g/mol. The molecule has 3 aromatic rings. The zero-order valence-electron chi connectivity index (χ0n) is 18.1. The van der Waals surface area contributed by atoms with Gasteiger partial charge >= 0.3 is 0 Å². The second-order valence-electron chi connectivity index (χ2n) is 7.46. The van der Waals surface area contributed by atoms with Gasteiger partial charge in [-0.3, -0.25) is 14.6 Å². The minimum absolute atomic E-state index is 0. The van der Waals surface area contributed by atoms with E-state index >= 15 is 0 Å². The standard InChI is InChI=1S/C23H27N3O2S2.ClH/c1-16-8-9-20-21(17(16)2)24-23(30-20)26(11-10-25-12-14-28-15-13-25)22(27)18-6-4-5-7-19(18)29-3;/h4-9H,10-15H2,1-3H3;1H. The first-order valence-electron chi connectivity index (χ1n) is 10.2. The van der Waals surface area contributed by atoms with E-state index in [1.165, 1.54) is 11.1 Å². The third kappa shape index (κ3) is 5.23. The molecule has 1 fully saturated rings. The summed E-state index contributed by atoms with van der Waals surface area (Å²) >= 11 is 3.20. The first-order valence-corrected chi connectivity index (χ1v) is 12.2. The van der Waals surface area contributed by atoms with Crippen molar-refractivity contribution in [1.82, 2.24) is 9.88 Å². The molecule has 0 radical (unpaired) electrons. The topological polar surface area (TPSA) is 45.7 Å². The van der Waals surface area contributed by atoms with Gasteiger partial charge in [-0.15, -0.1) is 24.2 Å². The maximum atomic E-state index is 13.7. The van der Waals surface area contributed by atoms with E-state index in [4.69, 9.17) is 9.72 Å². The Labute approximate surface area is 198 Å². The van der Waals surface area contributed by atoms with Crippen molar-refractivity contribution in [3.8, 4) is 0 Å². The van der Waals surface area contributed by atoms with E-state index in [-0.39, 0.29) is 18.3 Å². The molecule has 8 heteroatoms. The monoisotopic (exact) mass is 477 g/mol. The van der Waals surface area contributed by atoms with Crippen molar-refractivity contribution in [3.63, 3.8) is 0 Å². The Bertz CT molecular complexity index is 1050. The lowest BCUT2D eigenvalue weighted by Gasteiger charge is -2.29. The number of hydrogen-bond donors (Lipinski definition) is 0. The van der Waals surface area contributed by atoms with Crippen molar-refractivity contribution in [1.29, 1.82) is 0 Å². The fraction of sp³-hybridized carbons (Fsp3) is 0.391. The summed E-state index contributed by atoms with van der Waals surface area (Å²) in [5, 5.41) is 0.771. The number of thioether (sulfide) groups is 1. The Morgan fingerprint density at radius 2 is 1.94 bits per heavy atom. The van der Waals surface area contributed by atoms with E-state index in [1.807, 2.05) is 35.4 Å². The number of thiazole rings is 1. The highest BCUT2D eigenvalue weighted by molar-refractivity contribution is 7.98. The highest BCUT2D eigenvalue weighted by Crippen LogP contribution is 2.33. The van der Waals surface area contributed by atoms with Crippen LogP contribution >= 0.6 is 35.5 Å². The molecule has 2 aromatic carbocycles. The number of morpholine rings is 1. The summed E-state index contributed by atoms with van der Waals surface area (Å²) in [7, 11) is 0. The molecule has 1 aromatic heterocycles. The normalized spacial score (nSPS) is 14.4. The number of rotatable bonds is 6. The summed E-state index contributed by atoms with van der Waals surface area (Å²) in [6, 6.07) is 12.1. The van der Waals surface area contributed by atoms with E-state index in [2.05, 4.69) is 30.9 Å². The van der Waals surface area contributed by atoms with Gasteiger partial charge in [0.05, 0.1) is 29.0 Å². The van der Waals surface area contributed by atoms with Gasteiger partial charge in [0.25, 0.3) is 5.91 Å². The molecule has 1 saturated heterocycles. The maximum Gasteiger partial charge on any atom is 0.261 e. The third-order valence-corrected chi connectivity index (χ3v) is 7.47. The lowest BCUT2D eigenvalue weighted by atomic mass is 10.1. The smallest absolute Gasteiger partial charge is 0.261 e. The number of anilines is 1. The van der Waals surface area contributed by atoms with Gasteiger partial charge in [-0.25, -0.2) is 4.98 Å². The van der Waals surface area contributed by atoms with E-state index < -0.39 is 0 Å². The number of nitrogens with zero attached hydrogens (tertiary/aromatic N) is 3. The second-order valence-corrected chi connectivity index (χ2v) is 9.32. The molecule has 0 N–H and O–H groups in total. The van der Waals surface area contributed by atoms with Crippen LogP contribution in [0.15, 0.2) is 41.3 Å². The number of hydrogen-bond acceptors (Lipinski definition) is 6. The Morgan fingerprint density at radius 3 is 2.68 bits per heavy atom. The van der Waals surface area contributed by atoms with E-state index in [9.17, 15) is 4.79 Å². The van der Waals surface area contributed by atoms with E-state index in [0.29, 0.717) is 6.54 Å². The lowest BCUT2D eigenvalue weighted by Crippen LogP contribution is -2.43. The van der Waals surface area contributed by atoms with Crippen molar-refractivity contribution in [3.05, 3.63) is 53.1 Å². The van der Waals surface area contributed by atoms with Crippen LogP contribution in [0.1, 0.15) is 21.5 Å². The quantitative estimate of drug-likeness (QED) is 0.465. The van der Waals surface area contributed by atoms with Crippen LogP contribution in [-0.4, -0.2) is 61.4 Å². The zero-order valence-corrected chi connectivity index (χ0v) is 20.5. The van der Waals surface area contributed by atoms with Crippen LogP contribution in [0.3, 0.4) is 0 Å². The highest BCUT2D eigenvalue weighted by atomic mass is 35.5. The van der Waals surface area contributed by atoms with Crippen LogP contribution in [0.4, 0.5) is 5.13 Å². The molecule has 1 aliphatic rings. The number of halogens is 1. The molecular formula is C23H28ClN3O2S2. The van der Waals surface area contributed by atoms with Gasteiger partial charge in [0.1, 0.15) is 0 Å². The number of carbonyl (C=O) groups excluding carboxylic acids is 1. The summed E-state index contributed by atoms with van der Waals surface area (Å²) in [6.07, 6.45) is 2.01. The van der Waals surface area contributed by atoms with Gasteiger partial charge in [-0.1, -0.05) is 29.5 Å². The molecule has 31 heavy (non-hydrogen) atoms. The minimum atomic E-state index is 0. The second kappa shape index (κ2) is 10.8. The van der Waals surface area contributed by atoms with Crippen molar-refractivity contribution < 1.29 is 9.53 Å². The van der Waals surface area contributed by atoms with Crippen LogP contribution in [0.2, 0.25) is 0 Å². The predicted octanol–water partition coefficient (Wildman–Crippen LogP) is 5.04. The Hall–Kier alpha value is -1.64. The van der Waals surface area contributed by atoms with Crippen molar-refractivity contribution in [2.75, 3.05) is 50.5 Å². The van der Waals surface area contributed by atoms with Gasteiger partial charge in [0.15, 0.2) is 5.13 Å². The maximum absolute atomic E-state index is 13.7. The molecule has 0 aliphatic carbocycles. The molecule has 2 heterocycles. The molecule has 0 unspecified atom stereocenters. The fourth-order valence-electron chi connectivity index (χ4n) is 3.65. The minimum Gasteiger partial charge on any atom is -0.379 e. The number of benzene rings is 2. The van der Waals surface area contributed by atoms with E-state index in [0.717, 1.165) is 58.7 Å². The lowest BCUT2D eigenvalue weighted by molar-refractivity contribution is 0.0391. The number of carbonyl (C=O) groups is 1. The summed E-state index contributed by atoms with van der Waals surface area (Å²) in [6.45, 7) is 8.94. The molecule has 166 valence electrons. The average Bonchev–Trinajstić information content (AvgIpc) is 3.22. The first-order chi connectivity index (χ1) is 14.6. The Morgan fingerprint density at radius 1 is 1.19 bits per heavy atom.